The van der Waals surface area contributed by atoms with Gasteiger partial charge in [-0.25, -0.2) is 4.79 Å². The van der Waals surface area contributed by atoms with Gasteiger partial charge in [0, 0.05) is 31.0 Å². The van der Waals surface area contributed by atoms with Gasteiger partial charge in [-0.2, -0.15) is 0 Å². The van der Waals surface area contributed by atoms with E-state index in [-0.39, 0.29) is 13.0 Å². The van der Waals surface area contributed by atoms with Gasteiger partial charge in [-0.05, 0) is 39.1 Å². The molecule has 1 amide bonds. The normalized spacial score (nSPS) is 10.8. The quantitative estimate of drug-likeness (QED) is 0.233. The molecular weight excluding hydrogens is 328 g/mol. The monoisotopic (exact) mass is 358 g/mol. The van der Waals surface area contributed by atoms with E-state index in [0.29, 0.717) is 32.7 Å². The Labute approximate surface area is 148 Å². The summed E-state index contributed by atoms with van der Waals surface area (Å²) >= 11 is 0. The van der Waals surface area contributed by atoms with Crippen LogP contribution in [0.25, 0.3) is 10.4 Å². The second kappa shape index (κ2) is 13.3. The summed E-state index contributed by atoms with van der Waals surface area (Å²) in [7, 11) is 0. The van der Waals surface area contributed by atoms with Crippen molar-refractivity contribution >= 4 is 12.1 Å². The van der Waals surface area contributed by atoms with Crippen LogP contribution in [0.4, 0.5) is 4.79 Å². The largest absolute Gasteiger partial charge is 0.481 e. The molecule has 0 rings (SSSR count). The van der Waals surface area contributed by atoms with Crippen molar-refractivity contribution in [3.63, 3.8) is 0 Å². The summed E-state index contributed by atoms with van der Waals surface area (Å²) in [5, 5.41) is 12.0. The van der Waals surface area contributed by atoms with Crippen LogP contribution in [-0.4, -0.2) is 60.5 Å². The maximum Gasteiger partial charge on any atom is 0.410 e. The van der Waals surface area contributed by atoms with Crippen LogP contribution < -0.4 is 0 Å². The Morgan fingerprint density at radius 2 is 1.80 bits per heavy atom. The molecule has 1 N–H and O–H groups in total. The van der Waals surface area contributed by atoms with Crippen LogP contribution in [0.5, 0.6) is 0 Å². The number of hydrogen-bond donors (Lipinski definition) is 1. The molecule has 0 aliphatic carbocycles. The molecule has 25 heavy (non-hydrogen) atoms. The van der Waals surface area contributed by atoms with E-state index in [4.69, 9.17) is 20.1 Å². The number of carbonyl (C=O) groups excluding carboxylic acids is 1. The highest BCUT2D eigenvalue weighted by atomic mass is 16.6. The Morgan fingerprint density at radius 1 is 1.12 bits per heavy atom. The first-order valence-electron chi connectivity index (χ1n) is 8.54. The number of amides is 1. The Bertz CT molecular complexity index is 444. The molecule has 0 fully saturated rings. The molecule has 0 aliphatic rings. The summed E-state index contributed by atoms with van der Waals surface area (Å²) in [6.45, 7) is 7.25. The molecule has 0 aliphatic heterocycles. The van der Waals surface area contributed by atoms with Crippen LogP contribution in [-0.2, 0) is 14.3 Å². The predicted molar refractivity (Wildman–Crippen MR) is 93.4 cm³/mol. The van der Waals surface area contributed by atoms with Crippen LogP contribution in [0.3, 0.4) is 0 Å². The average molecular weight is 358 g/mol. The fourth-order valence-electron chi connectivity index (χ4n) is 1.98. The first kappa shape index (κ1) is 23.0. The summed E-state index contributed by atoms with van der Waals surface area (Å²) in [6, 6.07) is 0. The van der Waals surface area contributed by atoms with E-state index in [0.717, 1.165) is 19.3 Å². The van der Waals surface area contributed by atoms with Gasteiger partial charge in [-0.1, -0.05) is 18.0 Å². The molecule has 0 atom stereocenters. The van der Waals surface area contributed by atoms with E-state index < -0.39 is 17.7 Å². The minimum atomic E-state index is -0.784. The molecule has 0 bridgehead atoms. The zero-order valence-corrected chi connectivity index (χ0v) is 15.4. The third-order valence-corrected chi connectivity index (χ3v) is 3.12. The summed E-state index contributed by atoms with van der Waals surface area (Å²) in [5.74, 6) is -0.784. The van der Waals surface area contributed by atoms with Gasteiger partial charge in [0.1, 0.15) is 5.60 Å². The second-order valence-corrected chi connectivity index (χ2v) is 6.59. The van der Waals surface area contributed by atoms with Crippen LogP contribution in [0.15, 0.2) is 5.11 Å². The molecule has 0 saturated heterocycles. The molecule has 144 valence electrons. The fourth-order valence-corrected chi connectivity index (χ4v) is 1.98. The molecule has 0 aromatic heterocycles. The molecule has 0 radical (unpaired) electrons. The van der Waals surface area contributed by atoms with Crippen LogP contribution in [0.1, 0.15) is 52.9 Å². The van der Waals surface area contributed by atoms with Gasteiger partial charge in [-0.3, -0.25) is 4.79 Å². The number of carbonyl (C=O) groups is 2. The van der Waals surface area contributed by atoms with Crippen molar-refractivity contribution in [1.29, 1.82) is 0 Å². The number of aliphatic carboxylic acids is 1. The van der Waals surface area contributed by atoms with Crippen molar-refractivity contribution in [1.82, 2.24) is 4.90 Å². The molecule has 0 saturated carbocycles. The number of ether oxygens (including phenoxy) is 2. The Morgan fingerprint density at radius 3 is 2.40 bits per heavy atom. The number of rotatable bonds is 13. The molecule has 0 heterocycles. The lowest BCUT2D eigenvalue weighted by atomic mass is 10.1. The van der Waals surface area contributed by atoms with Gasteiger partial charge in [0.15, 0.2) is 0 Å². The minimum Gasteiger partial charge on any atom is -0.481 e. The van der Waals surface area contributed by atoms with E-state index in [1.54, 1.807) is 4.90 Å². The SMILES string of the molecule is CC(C)(C)OC(=O)N(CCCCCCC(=O)O)CCOCCN=[N+]=[N-]. The third-order valence-electron chi connectivity index (χ3n) is 3.12. The lowest BCUT2D eigenvalue weighted by molar-refractivity contribution is -0.137. The number of unbranched alkanes of at least 4 members (excludes halogenated alkanes) is 3. The molecular formula is C16H30N4O5. The lowest BCUT2D eigenvalue weighted by Gasteiger charge is -2.27. The zero-order chi connectivity index (χ0) is 19.1. The van der Waals surface area contributed by atoms with Gasteiger partial charge in [-0.15, -0.1) is 0 Å². The molecule has 9 nitrogen and oxygen atoms in total. The summed E-state index contributed by atoms with van der Waals surface area (Å²) in [4.78, 5) is 26.9. The molecule has 9 heteroatoms. The van der Waals surface area contributed by atoms with Crippen LogP contribution in [0, 0.1) is 0 Å². The van der Waals surface area contributed by atoms with Crippen molar-refractivity contribution in [3.05, 3.63) is 10.4 Å². The average Bonchev–Trinajstić information content (AvgIpc) is 2.49. The number of nitrogens with zero attached hydrogens (tertiary/aromatic N) is 4. The first-order valence-corrected chi connectivity index (χ1v) is 8.54. The first-order chi connectivity index (χ1) is 11.8. The number of carboxylic acid groups (broad SMARTS) is 1. The topological polar surface area (TPSA) is 125 Å². The van der Waals surface area contributed by atoms with Gasteiger partial charge in [0.05, 0.1) is 13.2 Å². The fraction of sp³-hybridized carbons (Fsp3) is 0.875. The van der Waals surface area contributed by atoms with Crippen LogP contribution >= 0.6 is 0 Å². The highest BCUT2D eigenvalue weighted by molar-refractivity contribution is 5.68. The summed E-state index contributed by atoms with van der Waals surface area (Å²) < 4.78 is 10.7. The molecule has 0 aromatic rings. The van der Waals surface area contributed by atoms with Gasteiger partial charge < -0.3 is 19.5 Å². The molecule has 0 aromatic carbocycles. The van der Waals surface area contributed by atoms with E-state index in [1.165, 1.54) is 0 Å². The van der Waals surface area contributed by atoms with Gasteiger partial charge >= 0.3 is 12.1 Å². The highest BCUT2D eigenvalue weighted by Gasteiger charge is 2.21. The minimum absolute atomic E-state index is 0.175. The van der Waals surface area contributed by atoms with E-state index in [1.807, 2.05) is 20.8 Å². The Balaban J connectivity index is 4.21. The van der Waals surface area contributed by atoms with Crippen molar-refractivity contribution < 1.29 is 24.2 Å². The molecule has 0 spiro atoms. The maximum atomic E-state index is 12.2. The van der Waals surface area contributed by atoms with Crippen LogP contribution in [0.2, 0.25) is 0 Å². The van der Waals surface area contributed by atoms with E-state index in [9.17, 15) is 9.59 Å². The maximum absolute atomic E-state index is 12.2. The summed E-state index contributed by atoms with van der Waals surface area (Å²) in [5.41, 5.74) is 7.61. The Hall–Kier alpha value is -1.99. The zero-order valence-electron chi connectivity index (χ0n) is 15.4. The standard InChI is InChI=1S/C16H30N4O5/c1-16(2,3)25-15(23)20(11-13-24-12-9-18-19-17)10-7-5-4-6-8-14(21)22/h4-13H2,1-3H3,(H,21,22). The van der Waals surface area contributed by atoms with E-state index >= 15 is 0 Å². The van der Waals surface area contributed by atoms with Crippen molar-refractivity contribution in [2.45, 2.75) is 58.5 Å². The smallest absolute Gasteiger partial charge is 0.410 e. The summed E-state index contributed by atoms with van der Waals surface area (Å²) in [6.07, 6.45) is 2.87. The van der Waals surface area contributed by atoms with Crippen molar-refractivity contribution in [2.75, 3.05) is 32.8 Å². The van der Waals surface area contributed by atoms with E-state index in [2.05, 4.69) is 10.0 Å². The molecule has 0 unspecified atom stereocenters. The second-order valence-electron chi connectivity index (χ2n) is 6.59. The highest BCUT2D eigenvalue weighted by Crippen LogP contribution is 2.11. The lowest BCUT2D eigenvalue weighted by Crippen LogP contribution is -2.39. The van der Waals surface area contributed by atoms with Crippen molar-refractivity contribution in [3.8, 4) is 0 Å². The van der Waals surface area contributed by atoms with Gasteiger partial charge in [0.25, 0.3) is 0 Å². The Kier molecular flexibility index (Phi) is 12.3. The number of carboxylic acids is 1. The number of hydrogen-bond acceptors (Lipinski definition) is 5. The third kappa shape index (κ3) is 15.3. The number of azide groups is 1. The predicted octanol–water partition coefficient (Wildman–Crippen LogP) is 3.59. The van der Waals surface area contributed by atoms with Crippen molar-refractivity contribution in [2.24, 2.45) is 5.11 Å². The van der Waals surface area contributed by atoms with Gasteiger partial charge in [0.2, 0.25) is 0 Å².